The van der Waals surface area contributed by atoms with Gasteiger partial charge in [0.2, 0.25) is 0 Å². The van der Waals surface area contributed by atoms with Crippen molar-refractivity contribution in [3.05, 3.63) is 28.8 Å². The van der Waals surface area contributed by atoms with Crippen LogP contribution in [0.25, 0.3) is 0 Å². The zero-order valence-electron chi connectivity index (χ0n) is 12.3. The quantitative estimate of drug-likeness (QED) is 0.842. The molecule has 1 aromatic carbocycles. The van der Waals surface area contributed by atoms with Crippen LogP contribution in [-0.2, 0) is 6.54 Å². The molecule has 0 aliphatic rings. The van der Waals surface area contributed by atoms with Crippen LogP contribution in [0.4, 0.5) is 0 Å². The molecule has 102 valence electrons. The van der Waals surface area contributed by atoms with E-state index in [1.807, 2.05) is 0 Å². The van der Waals surface area contributed by atoms with Crippen LogP contribution in [0.15, 0.2) is 12.1 Å². The van der Waals surface area contributed by atoms with Gasteiger partial charge in [-0.1, -0.05) is 13.0 Å². The highest BCUT2D eigenvalue weighted by Gasteiger charge is 2.10. The number of ether oxygens (including phenoxy) is 1. The molecule has 0 fully saturated rings. The monoisotopic (exact) mass is 250 g/mol. The molecule has 1 unspecified atom stereocenters. The molecule has 3 nitrogen and oxygen atoms in total. The van der Waals surface area contributed by atoms with E-state index in [0.29, 0.717) is 5.92 Å². The Kier molecular flexibility index (Phi) is 5.63. The Morgan fingerprint density at radius 2 is 1.89 bits per heavy atom. The highest BCUT2D eigenvalue weighted by Crippen LogP contribution is 2.24. The van der Waals surface area contributed by atoms with E-state index in [2.05, 4.69) is 44.9 Å². The minimum atomic E-state index is 0.521. The summed E-state index contributed by atoms with van der Waals surface area (Å²) in [5, 5.41) is 0. The van der Waals surface area contributed by atoms with Crippen LogP contribution in [0.5, 0.6) is 5.75 Å². The first-order chi connectivity index (χ1) is 8.47. The number of benzene rings is 1. The molecule has 0 aromatic heterocycles. The number of methoxy groups -OCH3 is 1. The third-order valence-electron chi connectivity index (χ3n) is 3.36. The van der Waals surface area contributed by atoms with Crippen LogP contribution in [-0.4, -0.2) is 32.1 Å². The molecule has 1 rings (SSSR count). The van der Waals surface area contributed by atoms with Crippen LogP contribution in [0, 0.1) is 19.8 Å². The molecule has 18 heavy (non-hydrogen) atoms. The molecule has 0 spiro atoms. The number of rotatable bonds is 6. The maximum absolute atomic E-state index is 5.66. The number of nitrogens with two attached hydrogens (primary N) is 1. The van der Waals surface area contributed by atoms with Gasteiger partial charge in [-0.25, -0.2) is 0 Å². The fraction of sp³-hybridized carbons (Fsp3) is 0.600. The van der Waals surface area contributed by atoms with Crippen molar-refractivity contribution in [1.29, 1.82) is 0 Å². The van der Waals surface area contributed by atoms with Gasteiger partial charge in [0.05, 0.1) is 7.11 Å². The largest absolute Gasteiger partial charge is 0.496 e. The summed E-state index contributed by atoms with van der Waals surface area (Å²) >= 11 is 0. The van der Waals surface area contributed by atoms with Crippen molar-refractivity contribution in [1.82, 2.24) is 4.90 Å². The number of hydrogen-bond donors (Lipinski definition) is 1. The summed E-state index contributed by atoms with van der Waals surface area (Å²) < 4.78 is 5.46. The summed E-state index contributed by atoms with van der Waals surface area (Å²) in [6, 6.07) is 4.34. The lowest BCUT2D eigenvalue weighted by Gasteiger charge is -2.22. The van der Waals surface area contributed by atoms with Crippen LogP contribution >= 0.6 is 0 Å². The highest BCUT2D eigenvalue weighted by atomic mass is 16.5. The number of aryl methyl sites for hydroxylation is 2. The van der Waals surface area contributed by atoms with E-state index in [1.165, 1.54) is 16.7 Å². The predicted octanol–water partition coefficient (Wildman–Crippen LogP) is 2.34. The van der Waals surface area contributed by atoms with Gasteiger partial charge in [-0.2, -0.15) is 0 Å². The van der Waals surface area contributed by atoms with Crippen LogP contribution in [0.3, 0.4) is 0 Å². The lowest BCUT2D eigenvalue weighted by atomic mass is 10.0. The molecular formula is C15H26N2O. The van der Waals surface area contributed by atoms with E-state index in [4.69, 9.17) is 10.5 Å². The summed E-state index contributed by atoms with van der Waals surface area (Å²) in [4.78, 5) is 2.30. The second kappa shape index (κ2) is 6.76. The molecule has 0 aliphatic carbocycles. The Labute approximate surface area is 111 Å². The molecule has 2 N–H and O–H groups in total. The van der Waals surface area contributed by atoms with Gasteiger partial charge in [0.15, 0.2) is 0 Å². The summed E-state index contributed by atoms with van der Waals surface area (Å²) in [6.07, 6.45) is 0. The third-order valence-corrected chi connectivity index (χ3v) is 3.36. The van der Waals surface area contributed by atoms with Crippen molar-refractivity contribution in [3.63, 3.8) is 0 Å². The van der Waals surface area contributed by atoms with Gasteiger partial charge in [0, 0.05) is 18.7 Å². The zero-order chi connectivity index (χ0) is 13.7. The molecule has 0 radical (unpaired) electrons. The SMILES string of the molecule is COc1cc(C)c(C)cc1CN(C)CC(C)CN. The van der Waals surface area contributed by atoms with Crippen LogP contribution in [0.1, 0.15) is 23.6 Å². The summed E-state index contributed by atoms with van der Waals surface area (Å²) in [5.74, 6) is 1.50. The Bertz CT molecular complexity index is 390. The molecule has 0 bridgehead atoms. The zero-order valence-corrected chi connectivity index (χ0v) is 12.3. The van der Waals surface area contributed by atoms with Gasteiger partial charge in [-0.15, -0.1) is 0 Å². The first kappa shape index (κ1) is 15.0. The van der Waals surface area contributed by atoms with E-state index in [9.17, 15) is 0 Å². The molecule has 0 amide bonds. The molecule has 0 heterocycles. The molecule has 0 aliphatic heterocycles. The molecule has 1 aromatic rings. The Balaban J connectivity index is 2.80. The molecule has 0 saturated heterocycles. The van der Waals surface area contributed by atoms with Crippen LogP contribution < -0.4 is 10.5 Å². The predicted molar refractivity (Wildman–Crippen MR) is 77.0 cm³/mol. The van der Waals surface area contributed by atoms with Crippen molar-refractivity contribution >= 4 is 0 Å². The van der Waals surface area contributed by atoms with Gasteiger partial charge in [0.1, 0.15) is 5.75 Å². The highest BCUT2D eigenvalue weighted by molar-refractivity contribution is 5.41. The molecule has 3 heteroatoms. The normalized spacial score (nSPS) is 12.8. The first-order valence-electron chi connectivity index (χ1n) is 6.50. The fourth-order valence-electron chi connectivity index (χ4n) is 2.13. The second-order valence-electron chi connectivity index (χ2n) is 5.29. The Hall–Kier alpha value is -1.06. The van der Waals surface area contributed by atoms with Gasteiger partial charge in [-0.3, -0.25) is 0 Å². The first-order valence-corrected chi connectivity index (χ1v) is 6.50. The lowest BCUT2D eigenvalue weighted by molar-refractivity contribution is 0.277. The molecular weight excluding hydrogens is 224 g/mol. The molecule has 1 atom stereocenters. The number of nitrogens with zero attached hydrogens (tertiary/aromatic N) is 1. The van der Waals surface area contributed by atoms with Crippen molar-refractivity contribution < 1.29 is 4.74 Å². The van der Waals surface area contributed by atoms with Gasteiger partial charge in [0.25, 0.3) is 0 Å². The van der Waals surface area contributed by atoms with Crippen LogP contribution in [0.2, 0.25) is 0 Å². The Morgan fingerprint density at radius 1 is 1.28 bits per heavy atom. The average Bonchev–Trinajstić information content (AvgIpc) is 2.33. The number of hydrogen-bond acceptors (Lipinski definition) is 3. The minimum Gasteiger partial charge on any atom is -0.496 e. The van der Waals surface area contributed by atoms with Gasteiger partial charge in [-0.05, 0) is 50.6 Å². The lowest BCUT2D eigenvalue weighted by Crippen LogP contribution is -2.28. The Morgan fingerprint density at radius 3 is 2.44 bits per heavy atom. The maximum Gasteiger partial charge on any atom is 0.123 e. The van der Waals surface area contributed by atoms with Crippen molar-refractivity contribution in [3.8, 4) is 5.75 Å². The van der Waals surface area contributed by atoms with Gasteiger partial charge >= 0.3 is 0 Å². The van der Waals surface area contributed by atoms with E-state index < -0.39 is 0 Å². The van der Waals surface area contributed by atoms with Crippen molar-refractivity contribution in [2.45, 2.75) is 27.3 Å². The summed E-state index contributed by atoms with van der Waals surface area (Å²) in [6.45, 7) is 9.06. The van der Waals surface area contributed by atoms with Crippen molar-refractivity contribution in [2.24, 2.45) is 11.7 Å². The average molecular weight is 250 g/mol. The smallest absolute Gasteiger partial charge is 0.123 e. The van der Waals surface area contributed by atoms with Gasteiger partial charge < -0.3 is 15.4 Å². The van der Waals surface area contributed by atoms with Crippen molar-refractivity contribution in [2.75, 3.05) is 27.2 Å². The standard InChI is InChI=1S/C15H26N2O/c1-11(8-16)9-17(4)10-14-6-12(2)13(3)7-15(14)18-5/h6-7,11H,8-10,16H2,1-5H3. The van der Waals surface area contributed by atoms with E-state index in [-0.39, 0.29) is 0 Å². The van der Waals surface area contributed by atoms with E-state index in [1.54, 1.807) is 7.11 Å². The summed E-state index contributed by atoms with van der Waals surface area (Å²) in [5.41, 5.74) is 9.49. The summed E-state index contributed by atoms with van der Waals surface area (Å²) in [7, 11) is 3.86. The third kappa shape index (κ3) is 4.00. The maximum atomic E-state index is 5.66. The topological polar surface area (TPSA) is 38.5 Å². The molecule has 0 saturated carbocycles. The van der Waals surface area contributed by atoms with E-state index in [0.717, 1.165) is 25.4 Å². The van der Waals surface area contributed by atoms with E-state index >= 15 is 0 Å². The second-order valence-corrected chi connectivity index (χ2v) is 5.29. The minimum absolute atomic E-state index is 0.521. The fourth-order valence-corrected chi connectivity index (χ4v) is 2.13.